The van der Waals surface area contributed by atoms with Gasteiger partial charge in [-0.25, -0.2) is 4.98 Å². The molecule has 3 atom stereocenters. The second-order valence-electron chi connectivity index (χ2n) is 6.58. The van der Waals surface area contributed by atoms with Crippen LogP contribution in [0.1, 0.15) is 51.8 Å². The predicted molar refractivity (Wildman–Crippen MR) is 82.6 cm³/mol. The molecular formula is C17H29N3. The second-order valence-corrected chi connectivity index (χ2v) is 6.58. The fraction of sp³-hybridized carbons (Fsp3) is 0.824. The highest BCUT2D eigenvalue weighted by atomic mass is 15.1. The van der Waals surface area contributed by atoms with Crippen molar-refractivity contribution in [1.29, 1.82) is 0 Å². The zero-order valence-electron chi connectivity index (χ0n) is 13.0. The zero-order chi connectivity index (χ0) is 13.9. The van der Waals surface area contributed by atoms with Gasteiger partial charge in [-0.1, -0.05) is 19.8 Å². The molecule has 1 aromatic heterocycles. The molecule has 2 aliphatic carbocycles. The van der Waals surface area contributed by atoms with Crippen LogP contribution in [0.15, 0.2) is 12.4 Å². The molecule has 1 heterocycles. The molecule has 2 saturated carbocycles. The van der Waals surface area contributed by atoms with Gasteiger partial charge in [0.1, 0.15) is 5.82 Å². The highest BCUT2D eigenvalue weighted by molar-refractivity contribution is 5.08. The summed E-state index contributed by atoms with van der Waals surface area (Å²) in [6, 6.07) is 0.649. The van der Waals surface area contributed by atoms with E-state index in [2.05, 4.69) is 34.9 Å². The third-order valence-corrected chi connectivity index (χ3v) is 5.39. The van der Waals surface area contributed by atoms with E-state index in [0.717, 1.165) is 37.3 Å². The van der Waals surface area contributed by atoms with E-state index in [1.54, 1.807) is 0 Å². The Morgan fingerprint density at radius 1 is 1.30 bits per heavy atom. The minimum atomic E-state index is 0.649. The van der Waals surface area contributed by atoms with Gasteiger partial charge in [-0.15, -0.1) is 0 Å². The molecule has 112 valence electrons. The summed E-state index contributed by atoms with van der Waals surface area (Å²) in [5.41, 5.74) is 0. The van der Waals surface area contributed by atoms with Crippen LogP contribution < -0.4 is 5.32 Å². The fourth-order valence-corrected chi connectivity index (χ4v) is 4.33. The summed E-state index contributed by atoms with van der Waals surface area (Å²) in [5.74, 6) is 4.22. The number of aromatic nitrogens is 2. The zero-order valence-corrected chi connectivity index (χ0v) is 13.0. The van der Waals surface area contributed by atoms with Crippen LogP contribution in [-0.2, 0) is 13.0 Å². The Morgan fingerprint density at radius 2 is 2.05 bits per heavy atom. The molecular weight excluding hydrogens is 246 g/mol. The summed E-state index contributed by atoms with van der Waals surface area (Å²) in [5, 5.41) is 3.82. The topological polar surface area (TPSA) is 29.9 Å². The van der Waals surface area contributed by atoms with Gasteiger partial charge in [0.25, 0.3) is 0 Å². The van der Waals surface area contributed by atoms with Crippen molar-refractivity contribution < 1.29 is 0 Å². The van der Waals surface area contributed by atoms with Crippen LogP contribution in [0, 0.1) is 17.8 Å². The van der Waals surface area contributed by atoms with Crippen molar-refractivity contribution in [3.05, 3.63) is 18.2 Å². The van der Waals surface area contributed by atoms with Crippen molar-refractivity contribution in [2.45, 2.75) is 65.0 Å². The van der Waals surface area contributed by atoms with Crippen molar-refractivity contribution in [3.8, 4) is 0 Å². The lowest BCUT2D eigenvalue weighted by atomic mass is 10.0. The molecule has 0 spiro atoms. The minimum Gasteiger partial charge on any atom is -0.335 e. The summed E-state index contributed by atoms with van der Waals surface area (Å²) < 4.78 is 2.30. The molecule has 0 saturated heterocycles. The summed E-state index contributed by atoms with van der Waals surface area (Å²) in [6.07, 6.45) is 12.3. The van der Waals surface area contributed by atoms with Crippen LogP contribution in [0.2, 0.25) is 0 Å². The first kappa shape index (κ1) is 14.1. The molecule has 0 bridgehead atoms. The predicted octanol–water partition coefficient (Wildman–Crippen LogP) is 3.25. The fourth-order valence-electron chi connectivity index (χ4n) is 4.33. The average molecular weight is 275 g/mol. The molecule has 3 rings (SSSR count). The van der Waals surface area contributed by atoms with Crippen LogP contribution >= 0.6 is 0 Å². The number of imidazole rings is 1. The summed E-state index contributed by atoms with van der Waals surface area (Å²) in [6.45, 7) is 6.65. The molecule has 2 fully saturated rings. The number of hydrogen-bond acceptors (Lipinski definition) is 2. The number of fused-ring (bicyclic) bond motifs is 1. The van der Waals surface area contributed by atoms with Crippen LogP contribution in [-0.4, -0.2) is 22.1 Å². The molecule has 3 unspecified atom stereocenters. The van der Waals surface area contributed by atoms with Crippen LogP contribution in [0.4, 0.5) is 0 Å². The maximum Gasteiger partial charge on any atom is 0.110 e. The lowest BCUT2D eigenvalue weighted by Gasteiger charge is -2.19. The first-order chi connectivity index (χ1) is 9.85. The first-order valence-electron chi connectivity index (χ1n) is 8.58. The van der Waals surface area contributed by atoms with Gasteiger partial charge in [0, 0.05) is 31.4 Å². The van der Waals surface area contributed by atoms with Gasteiger partial charge < -0.3 is 9.88 Å². The van der Waals surface area contributed by atoms with E-state index in [-0.39, 0.29) is 0 Å². The maximum absolute atomic E-state index is 4.59. The van der Waals surface area contributed by atoms with Crippen LogP contribution in [0.25, 0.3) is 0 Å². The van der Waals surface area contributed by atoms with E-state index in [9.17, 15) is 0 Å². The molecule has 20 heavy (non-hydrogen) atoms. The molecule has 0 aliphatic heterocycles. The van der Waals surface area contributed by atoms with Gasteiger partial charge in [-0.05, 0) is 50.5 Å². The van der Waals surface area contributed by atoms with Gasteiger partial charge in [-0.3, -0.25) is 0 Å². The van der Waals surface area contributed by atoms with Crippen molar-refractivity contribution >= 4 is 0 Å². The summed E-state index contributed by atoms with van der Waals surface area (Å²) in [4.78, 5) is 4.59. The minimum absolute atomic E-state index is 0.649. The summed E-state index contributed by atoms with van der Waals surface area (Å²) in [7, 11) is 0. The Hall–Kier alpha value is -0.830. The third-order valence-electron chi connectivity index (χ3n) is 5.39. The molecule has 3 nitrogen and oxygen atoms in total. The third kappa shape index (κ3) is 2.78. The van der Waals surface area contributed by atoms with Gasteiger partial charge in [0.2, 0.25) is 0 Å². The van der Waals surface area contributed by atoms with Crippen molar-refractivity contribution in [2.24, 2.45) is 17.8 Å². The molecule has 1 N–H and O–H groups in total. The van der Waals surface area contributed by atoms with Gasteiger partial charge in [0.15, 0.2) is 0 Å². The average Bonchev–Trinajstić information content (AvgIpc) is 3.04. The molecule has 2 aliphatic rings. The lowest BCUT2D eigenvalue weighted by molar-refractivity contribution is 0.415. The van der Waals surface area contributed by atoms with E-state index in [1.807, 2.05) is 6.20 Å². The first-order valence-corrected chi connectivity index (χ1v) is 8.58. The van der Waals surface area contributed by atoms with Gasteiger partial charge >= 0.3 is 0 Å². The lowest BCUT2D eigenvalue weighted by Crippen LogP contribution is -2.35. The Balaban J connectivity index is 1.67. The second kappa shape index (κ2) is 6.30. The molecule has 1 aromatic rings. The highest BCUT2D eigenvalue weighted by Crippen LogP contribution is 2.57. The normalized spacial score (nSPS) is 30.0. The highest BCUT2D eigenvalue weighted by Gasteiger charge is 2.53. The maximum atomic E-state index is 4.59. The number of rotatable bonds is 7. The number of nitrogens with one attached hydrogen (secondary N) is 1. The molecule has 0 radical (unpaired) electrons. The molecule has 3 heteroatoms. The van der Waals surface area contributed by atoms with E-state index >= 15 is 0 Å². The SMILES string of the molecule is CCCNC(Cc1nccn1CC)C1C2CCCCC21. The van der Waals surface area contributed by atoms with Crippen molar-refractivity contribution in [3.63, 3.8) is 0 Å². The van der Waals surface area contributed by atoms with Crippen LogP contribution in [0.3, 0.4) is 0 Å². The van der Waals surface area contributed by atoms with E-state index < -0.39 is 0 Å². The van der Waals surface area contributed by atoms with E-state index in [0.29, 0.717) is 6.04 Å². The Labute approximate surface area is 123 Å². The quantitative estimate of drug-likeness (QED) is 0.828. The Morgan fingerprint density at radius 3 is 2.70 bits per heavy atom. The molecule has 0 aromatic carbocycles. The summed E-state index contributed by atoms with van der Waals surface area (Å²) >= 11 is 0. The van der Waals surface area contributed by atoms with E-state index in [4.69, 9.17) is 0 Å². The van der Waals surface area contributed by atoms with Gasteiger partial charge in [0.05, 0.1) is 0 Å². The largest absolute Gasteiger partial charge is 0.335 e. The van der Waals surface area contributed by atoms with E-state index in [1.165, 1.54) is 37.9 Å². The number of aryl methyl sites for hydroxylation is 1. The standard InChI is InChI=1S/C17H29N3/c1-3-9-18-15(12-16-19-10-11-20(16)4-2)17-13-7-5-6-8-14(13)17/h10-11,13-15,17-18H,3-9,12H2,1-2H3. The van der Waals surface area contributed by atoms with Crippen molar-refractivity contribution in [2.75, 3.05) is 6.54 Å². The number of nitrogens with zero attached hydrogens (tertiary/aromatic N) is 2. The Kier molecular flexibility index (Phi) is 4.45. The monoisotopic (exact) mass is 275 g/mol. The Bertz CT molecular complexity index is 414. The smallest absolute Gasteiger partial charge is 0.110 e. The number of hydrogen-bond donors (Lipinski definition) is 1. The van der Waals surface area contributed by atoms with Gasteiger partial charge in [-0.2, -0.15) is 0 Å². The van der Waals surface area contributed by atoms with Crippen LogP contribution in [0.5, 0.6) is 0 Å². The van der Waals surface area contributed by atoms with Crippen molar-refractivity contribution in [1.82, 2.24) is 14.9 Å². The molecule has 0 amide bonds.